The Morgan fingerprint density at radius 1 is 0.190 bits per heavy atom. The summed E-state index contributed by atoms with van der Waals surface area (Å²) in [6.07, 6.45) is 47.2. The summed E-state index contributed by atoms with van der Waals surface area (Å²) in [5.74, 6) is 6.46. The fraction of sp³-hybridized carbons (Fsp3) is 1.00. The molecule has 478 valence electrons. The zero-order valence-corrected chi connectivity index (χ0v) is 67.6. The molecular weight excluding hydrogens is 1470 g/mol. The van der Waals surface area contributed by atoms with Crippen molar-refractivity contribution in [3.8, 4) is 0 Å². The Morgan fingerprint density at radius 2 is 0.278 bits per heavy atom. The van der Waals surface area contributed by atoms with Gasteiger partial charge in [-0.15, -0.1) is 0 Å². The summed E-state index contributed by atoms with van der Waals surface area (Å²) in [5.41, 5.74) is -14.1. The first kappa shape index (κ1) is 98.8. The normalized spacial score (nSPS) is 11.8. The summed E-state index contributed by atoms with van der Waals surface area (Å²) in [4.78, 5) is 93.0. The minimum absolute atomic E-state index is 0. The molecule has 0 heterocycles. The van der Waals surface area contributed by atoms with Crippen LogP contribution in [0.2, 0.25) is 0 Å². The van der Waals surface area contributed by atoms with Gasteiger partial charge in [0.2, 0.25) is 0 Å². The van der Waals surface area contributed by atoms with Gasteiger partial charge >= 0.3 is 63.2 Å². The Balaban J connectivity index is -0.000000173. The molecule has 0 aromatic heterocycles. The van der Waals surface area contributed by atoms with Gasteiger partial charge in [0.1, 0.15) is 0 Å². The Hall–Kier alpha value is 6.26. The molecule has 0 fully saturated rings. The van der Waals surface area contributed by atoms with Crippen LogP contribution < -0.4 is 39.1 Å². The second kappa shape index (κ2) is 71.7. The number of hydrogen-bond acceptors (Lipinski definition) is 12. The van der Waals surface area contributed by atoms with Gasteiger partial charge < -0.3 is 111 Å². The number of rotatable bonds is 48. The maximum Gasteiger partial charge on any atom is 4.00 e. The average Bonchev–Trinajstić information content (AvgIpc) is 3.34. The summed E-state index contributed by atoms with van der Waals surface area (Å²) in [5, 5.41) is 0. The van der Waals surface area contributed by atoms with Crippen molar-refractivity contribution in [1.29, 1.82) is 0 Å². The van der Waals surface area contributed by atoms with E-state index in [1.807, 2.05) is 0 Å². The SMILES string of the molecule is CCCCCCCS(CCCCCCC)=P([O-])([O-])[S-].CCCCCCCS(CCCCCCC)=P([O-])([O-])[S-].CCCCCCCS(CCCCCCC)=P([O-])([O-])[S-].CCCCCCCS(CCCCCCC)=P([O-])([O-])[S-].[Mo+4].[Mo+4].[Mo+4]. The van der Waals surface area contributed by atoms with Gasteiger partial charge in [-0.25, -0.2) is 40.3 Å². The Morgan fingerprint density at radius 3 is 0.354 bits per heavy atom. The third kappa shape index (κ3) is 76.6. The van der Waals surface area contributed by atoms with Crippen LogP contribution in [0.4, 0.5) is 0 Å². The Bertz CT molecular complexity index is 1190. The first-order chi connectivity index (χ1) is 36.1. The van der Waals surface area contributed by atoms with E-state index in [0.717, 1.165) is 149 Å². The maximum absolute atomic E-state index is 11.6. The molecule has 0 spiro atoms. The molecule has 0 aliphatic rings. The molecule has 0 saturated heterocycles. The van der Waals surface area contributed by atoms with Gasteiger partial charge in [-0.3, -0.25) is 0 Å². The zero-order chi connectivity index (χ0) is 58.3. The fourth-order valence-corrected chi connectivity index (χ4v) is 29.0. The molecular formula is C56H120Mo3O8P4S8. The second-order valence-corrected chi connectivity index (χ2v) is 51.6. The van der Waals surface area contributed by atoms with E-state index >= 15 is 0 Å². The van der Waals surface area contributed by atoms with Crippen LogP contribution >= 0.6 is 22.8 Å². The van der Waals surface area contributed by atoms with Gasteiger partial charge in [-0.2, -0.15) is 0 Å². The molecule has 0 aromatic rings. The summed E-state index contributed by atoms with van der Waals surface area (Å²) < 4.78 is 0. The molecule has 0 aromatic carbocycles. The molecule has 0 N–H and O–H groups in total. The molecule has 23 heteroatoms. The van der Waals surface area contributed by atoms with Crippen LogP contribution in [-0.2, 0) is 152 Å². The van der Waals surface area contributed by atoms with Crippen LogP contribution in [0.25, 0.3) is 0 Å². The molecule has 8 nitrogen and oxygen atoms in total. The van der Waals surface area contributed by atoms with Crippen LogP contribution in [0.1, 0.15) is 312 Å². The first-order valence-corrected chi connectivity index (χ1v) is 50.1. The van der Waals surface area contributed by atoms with Gasteiger partial charge in [0.25, 0.3) is 0 Å². The quantitative estimate of drug-likeness (QED) is 0.0243. The third-order valence-electron chi connectivity index (χ3n) is 13.1. The fourth-order valence-electron chi connectivity index (χ4n) is 8.28. The van der Waals surface area contributed by atoms with Crippen LogP contribution in [0.15, 0.2) is 0 Å². The van der Waals surface area contributed by atoms with Crippen molar-refractivity contribution in [2.45, 2.75) is 312 Å². The van der Waals surface area contributed by atoms with Crippen LogP contribution in [0.5, 0.6) is 0 Å². The molecule has 0 aliphatic carbocycles. The van der Waals surface area contributed by atoms with E-state index in [1.54, 1.807) is 0 Å². The number of unbranched alkanes of at least 4 members (excludes halogenated alkanes) is 32. The molecule has 0 unspecified atom stereocenters. The van der Waals surface area contributed by atoms with Crippen molar-refractivity contribution < 1.29 is 102 Å². The molecule has 79 heavy (non-hydrogen) atoms. The van der Waals surface area contributed by atoms with Crippen molar-refractivity contribution in [3.05, 3.63) is 0 Å². The van der Waals surface area contributed by atoms with Crippen molar-refractivity contribution in [3.63, 3.8) is 0 Å². The standard InChI is InChI=1S/4C14H30O2PS2.3Mo/c4*1-3-5-7-9-11-13-19(17(15,16)18)14-12-10-8-6-4-2;;;/h4*3-14H2,1-2H3;;;/q4*-3;3*+4. The topological polar surface area (TPSA) is 184 Å². The first-order valence-electron chi connectivity index (χ1n) is 30.9. The van der Waals surface area contributed by atoms with Gasteiger partial charge in [0, 0.05) is 0 Å². The van der Waals surface area contributed by atoms with Crippen molar-refractivity contribution >= 4 is 112 Å². The third-order valence-corrected chi connectivity index (χ3v) is 41.3. The van der Waals surface area contributed by atoms with Gasteiger partial charge in [-0.1, -0.05) is 261 Å². The minimum atomic E-state index is -3.53. The molecule has 0 rings (SSSR count). The van der Waals surface area contributed by atoms with Crippen LogP contribution in [0.3, 0.4) is 0 Å². The monoisotopic (exact) mass is 1590 g/mol. The van der Waals surface area contributed by atoms with Crippen molar-refractivity contribution in [2.75, 3.05) is 46.0 Å². The Labute approximate surface area is 566 Å². The second-order valence-electron chi connectivity index (χ2n) is 20.6. The summed E-state index contributed by atoms with van der Waals surface area (Å²) in [6.45, 7) is 17.5. The van der Waals surface area contributed by atoms with E-state index in [9.17, 15) is 39.1 Å². The van der Waals surface area contributed by atoms with E-state index in [4.69, 9.17) is 49.0 Å². The predicted molar refractivity (Wildman–Crippen MR) is 356 cm³/mol. The molecule has 0 radical (unpaired) electrons. The van der Waals surface area contributed by atoms with Crippen LogP contribution in [-0.4, -0.2) is 46.0 Å². The Kier molecular flexibility index (Phi) is 89.7. The maximum atomic E-state index is 11.6. The predicted octanol–water partition coefficient (Wildman–Crippen LogP) is 14.0. The van der Waals surface area contributed by atoms with Crippen LogP contribution in [0, 0.1) is 0 Å². The summed E-state index contributed by atoms with van der Waals surface area (Å²) in [7, 11) is -2.15. The average molecular weight is 1590 g/mol. The van der Waals surface area contributed by atoms with E-state index in [2.05, 4.69) is 55.4 Å². The smallest absolute Gasteiger partial charge is 0.854 e. The summed E-state index contributed by atoms with van der Waals surface area (Å²) >= 11 is 18.9. The summed E-state index contributed by atoms with van der Waals surface area (Å²) in [6, 6.07) is 0. The van der Waals surface area contributed by atoms with Gasteiger partial charge in [-0.05, 0) is 97.4 Å². The largest absolute Gasteiger partial charge is 4.00 e. The zero-order valence-electron chi connectivity index (χ0n) is 51.5. The van der Waals surface area contributed by atoms with Gasteiger partial charge in [0.05, 0.1) is 0 Å². The van der Waals surface area contributed by atoms with E-state index in [-0.39, 0.29) is 63.2 Å². The van der Waals surface area contributed by atoms with Crippen molar-refractivity contribution in [2.24, 2.45) is 0 Å². The van der Waals surface area contributed by atoms with Crippen molar-refractivity contribution in [1.82, 2.24) is 0 Å². The minimum Gasteiger partial charge on any atom is -0.854 e. The molecule has 0 amide bonds. The van der Waals surface area contributed by atoms with E-state index in [1.165, 1.54) is 154 Å². The molecule has 0 bridgehead atoms. The molecule has 0 atom stereocenters. The molecule has 0 saturated carbocycles. The van der Waals surface area contributed by atoms with E-state index < -0.39 is 63.1 Å². The number of hydrogen-bond donors (Lipinski definition) is 0. The molecule has 0 aliphatic heterocycles. The van der Waals surface area contributed by atoms with E-state index in [0.29, 0.717) is 0 Å². The van der Waals surface area contributed by atoms with Gasteiger partial charge in [0.15, 0.2) is 0 Å².